The molecule has 1 nitrogen and oxygen atoms in total. The minimum absolute atomic E-state index is 0.503. The van der Waals surface area contributed by atoms with Gasteiger partial charge in [-0.2, -0.15) is 0 Å². The Hall–Kier alpha value is -0.785. The summed E-state index contributed by atoms with van der Waals surface area (Å²) in [6, 6.07) is 0. The van der Waals surface area contributed by atoms with E-state index in [9.17, 15) is 0 Å². The van der Waals surface area contributed by atoms with Gasteiger partial charge in [0.05, 0.1) is 0 Å². The minimum atomic E-state index is 0.503. The monoisotopic (exact) mass is 187 g/mol. The van der Waals surface area contributed by atoms with Gasteiger partial charge in [0.1, 0.15) is 7.85 Å². The van der Waals surface area contributed by atoms with E-state index in [0.717, 1.165) is 5.70 Å². The zero-order valence-corrected chi connectivity index (χ0v) is 9.38. The summed E-state index contributed by atoms with van der Waals surface area (Å²) in [7, 11) is 5.57. The third-order valence-corrected chi connectivity index (χ3v) is 2.47. The van der Waals surface area contributed by atoms with Gasteiger partial charge in [-0.15, -0.1) is 12.1 Å². The molecule has 2 heteroatoms. The number of nitrogens with zero attached hydrogens (tertiary/aromatic N) is 1. The quantitative estimate of drug-likeness (QED) is 0.364. The summed E-state index contributed by atoms with van der Waals surface area (Å²) < 4.78 is 0. The normalized spacial score (nSPS) is 18.9. The Bertz CT molecular complexity index is 283. The summed E-state index contributed by atoms with van der Waals surface area (Å²) in [5, 5.41) is 0. The number of hydrogen-bond donors (Lipinski definition) is 0. The smallest absolute Gasteiger partial charge is 0.113 e. The first kappa shape index (κ1) is 11.3. The zero-order chi connectivity index (χ0) is 10.7. The largest absolute Gasteiger partial charge is 0.262 e. The van der Waals surface area contributed by atoms with Gasteiger partial charge in [-0.1, -0.05) is 13.8 Å². The molecule has 1 aliphatic rings. The molecule has 2 radical (unpaired) electrons. The Balaban J connectivity index is 2.78. The summed E-state index contributed by atoms with van der Waals surface area (Å²) in [5.41, 5.74) is 2.89. The predicted molar refractivity (Wildman–Crippen MR) is 63.6 cm³/mol. The fourth-order valence-corrected chi connectivity index (χ4v) is 1.14. The van der Waals surface area contributed by atoms with Crippen molar-refractivity contribution >= 4 is 13.6 Å². The van der Waals surface area contributed by atoms with Crippen LogP contribution in [0.4, 0.5) is 0 Å². The van der Waals surface area contributed by atoms with Crippen molar-refractivity contribution in [2.75, 3.05) is 0 Å². The van der Waals surface area contributed by atoms with E-state index in [1.54, 1.807) is 0 Å². The Morgan fingerprint density at radius 1 is 1.50 bits per heavy atom. The predicted octanol–water partition coefficient (Wildman–Crippen LogP) is 3.08. The van der Waals surface area contributed by atoms with Crippen molar-refractivity contribution in [3.05, 3.63) is 23.8 Å². The van der Waals surface area contributed by atoms with Crippen LogP contribution >= 0.6 is 0 Å². The number of rotatable bonds is 4. The lowest BCUT2D eigenvalue weighted by atomic mass is 9.96. The molecule has 0 N–H and O–H groups in total. The molecule has 0 aliphatic heterocycles. The molecule has 0 amide bonds. The van der Waals surface area contributed by atoms with Gasteiger partial charge in [0, 0.05) is 17.3 Å². The Kier molecular flexibility index (Phi) is 3.73. The second-order valence-corrected chi connectivity index (χ2v) is 4.33. The molecule has 1 saturated carbocycles. The molecule has 1 fully saturated rings. The van der Waals surface area contributed by atoms with Crippen molar-refractivity contribution < 1.29 is 0 Å². The Labute approximate surface area is 88.4 Å². The molecule has 0 aromatic carbocycles. The lowest BCUT2D eigenvalue weighted by Crippen LogP contribution is -2.02. The fraction of sp³-hybridized carbons (Fsp3) is 0.583. The van der Waals surface area contributed by atoms with E-state index in [-0.39, 0.29) is 0 Å². The van der Waals surface area contributed by atoms with Gasteiger partial charge in [-0.25, -0.2) is 0 Å². The van der Waals surface area contributed by atoms with Crippen LogP contribution < -0.4 is 0 Å². The van der Waals surface area contributed by atoms with Crippen LogP contribution in [-0.4, -0.2) is 13.6 Å². The van der Waals surface area contributed by atoms with E-state index in [2.05, 4.69) is 32.3 Å². The molecule has 1 rings (SSSR count). The second-order valence-electron chi connectivity index (χ2n) is 4.33. The highest BCUT2D eigenvalue weighted by molar-refractivity contribution is 6.23. The van der Waals surface area contributed by atoms with Crippen molar-refractivity contribution in [2.45, 2.75) is 33.6 Å². The van der Waals surface area contributed by atoms with Crippen LogP contribution in [0.5, 0.6) is 0 Å². The van der Waals surface area contributed by atoms with Crippen LogP contribution in [0.1, 0.15) is 33.6 Å². The molecule has 0 bridgehead atoms. The van der Waals surface area contributed by atoms with Gasteiger partial charge in [-0.05, 0) is 31.8 Å². The molecule has 0 heterocycles. The molecule has 0 atom stereocenters. The maximum absolute atomic E-state index is 5.57. The van der Waals surface area contributed by atoms with E-state index in [4.69, 9.17) is 7.85 Å². The lowest BCUT2D eigenvalue weighted by molar-refractivity contribution is 0.863. The van der Waals surface area contributed by atoms with Crippen molar-refractivity contribution in [1.29, 1.82) is 0 Å². The third-order valence-electron chi connectivity index (χ3n) is 2.47. The summed E-state index contributed by atoms with van der Waals surface area (Å²) in [4.78, 5) is 4.62. The van der Waals surface area contributed by atoms with Gasteiger partial charge in [0.15, 0.2) is 0 Å². The van der Waals surface area contributed by atoms with Crippen LogP contribution in [0.2, 0.25) is 0 Å². The standard InChI is InChI=1S/C12H18BN/c1-8(2)10(4)14-12(7-9(3)13)11-5-6-11/h7-8,11H,3,5-6H2,1-2,4H3/b12-7-,14-10?. The SMILES string of the molecule is [B]C(=C)/C=C(\N=C(C)C(C)C)C1CC1. The first-order chi connectivity index (χ1) is 6.50. The van der Waals surface area contributed by atoms with Crippen molar-refractivity contribution in [1.82, 2.24) is 0 Å². The van der Waals surface area contributed by atoms with Gasteiger partial charge >= 0.3 is 0 Å². The summed E-state index contributed by atoms with van der Waals surface area (Å²) in [6.07, 6.45) is 4.39. The van der Waals surface area contributed by atoms with E-state index >= 15 is 0 Å². The van der Waals surface area contributed by atoms with Crippen LogP contribution in [0, 0.1) is 11.8 Å². The number of hydrogen-bond acceptors (Lipinski definition) is 1. The maximum Gasteiger partial charge on any atom is 0.113 e. The average Bonchev–Trinajstić information content (AvgIpc) is 2.83. The van der Waals surface area contributed by atoms with E-state index in [1.807, 2.05) is 6.08 Å². The number of allylic oxidation sites excluding steroid dienone is 3. The van der Waals surface area contributed by atoms with E-state index in [0.29, 0.717) is 17.3 Å². The molecule has 1 aliphatic carbocycles. The van der Waals surface area contributed by atoms with Crippen LogP contribution in [-0.2, 0) is 0 Å². The summed E-state index contributed by atoms with van der Waals surface area (Å²) in [5.74, 6) is 1.13. The minimum Gasteiger partial charge on any atom is -0.262 e. The first-order valence-electron chi connectivity index (χ1n) is 5.22. The summed E-state index contributed by atoms with van der Waals surface area (Å²) >= 11 is 0. The van der Waals surface area contributed by atoms with Crippen LogP contribution in [0.3, 0.4) is 0 Å². The van der Waals surface area contributed by atoms with Crippen LogP contribution in [0.15, 0.2) is 28.8 Å². The fourth-order valence-electron chi connectivity index (χ4n) is 1.14. The maximum atomic E-state index is 5.57. The number of aliphatic imine (C=N–C) groups is 1. The van der Waals surface area contributed by atoms with Gasteiger partial charge < -0.3 is 0 Å². The molecule has 0 aromatic rings. The van der Waals surface area contributed by atoms with Crippen molar-refractivity contribution in [3.63, 3.8) is 0 Å². The molecule has 0 aromatic heterocycles. The van der Waals surface area contributed by atoms with Crippen molar-refractivity contribution in [2.24, 2.45) is 16.8 Å². The first-order valence-corrected chi connectivity index (χ1v) is 5.22. The van der Waals surface area contributed by atoms with E-state index in [1.165, 1.54) is 18.6 Å². The summed E-state index contributed by atoms with van der Waals surface area (Å²) in [6.45, 7) is 10.1. The molecule has 0 unspecified atom stereocenters. The highest BCUT2D eigenvalue weighted by atomic mass is 14.8. The van der Waals surface area contributed by atoms with Crippen molar-refractivity contribution in [3.8, 4) is 0 Å². The zero-order valence-electron chi connectivity index (χ0n) is 9.38. The topological polar surface area (TPSA) is 12.4 Å². The van der Waals surface area contributed by atoms with Gasteiger partial charge in [0.25, 0.3) is 0 Å². The average molecular weight is 187 g/mol. The Morgan fingerprint density at radius 2 is 2.07 bits per heavy atom. The van der Waals surface area contributed by atoms with Gasteiger partial charge in [0.2, 0.25) is 0 Å². The molecule has 74 valence electrons. The second kappa shape index (κ2) is 4.63. The third kappa shape index (κ3) is 3.53. The van der Waals surface area contributed by atoms with E-state index < -0.39 is 0 Å². The molecular formula is C12H18BN. The molecule has 14 heavy (non-hydrogen) atoms. The highest BCUT2D eigenvalue weighted by Crippen LogP contribution is 2.37. The highest BCUT2D eigenvalue weighted by Gasteiger charge is 2.25. The molecular weight excluding hydrogens is 169 g/mol. The Morgan fingerprint density at radius 3 is 2.43 bits per heavy atom. The van der Waals surface area contributed by atoms with Crippen LogP contribution in [0.25, 0.3) is 0 Å². The molecule has 0 spiro atoms. The molecule has 0 saturated heterocycles. The van der Waals surface area contributed by atoms with Gasteiger partial charge in [-0.3, -0.25) is 4.99 Å². The lowest BCUT2D eigenvalue weighted by Gasteiger charge is -2.06.